The minimum atomic E-state index is -0.285. The van der Waals surface area contributed by atoms with Crippen molar-refractivity contribution < 1.29 is 5.11 Å². The largest absolute Gasteiger partial charge is 0.388 e. The third kappa shape index (κ3) is 4.45. The van der Waals surface area contributed by atoms with Crippen LogP contribution in [0, 0.1) is 20.8 Å². The van der Waals surface area contributed by atoms with Gasteiger partial charge in [0.15, 0.2) is 0 Å². The third-order valence-electron chi connectivity index (χ3n) is 3.65. The Hall–Kier alpha value is -0.820. The molecule has 0 spiro atoms. The van der Waals surface area contributed by atoms with Gasteiger partial charge in [-0.3, -0.25) is 0 Å². The normalized spacial score (nSPS) is 12.7. The highest BCUT2D eigenvalue weighted by molar-refractivity contribution is 5.38. The summed E-state index contributed by atoms with van der Waals surface area (Å²) in [6.45, 7) is 8.56. The maximum Gasteiger partial charge on any atom is 0.0795 e. The highest BCUT2D eigenvalue weighted by Crippen LogP contribution is 2.27. The van der Waals surface area contributed by atoms with Gasteiger partial charge in [-0.05, 0) is 43.9 Å². The number of aliphatic hydroxyl groups is 1. The summed E-state index contributed by atoms with van der Waals surface area (Å²) in [5.41, 5.74) is 4.89. The molecule has 0 bridgehead atoms. The Kier molecular flexibility index (Phi) is 6.42. The van der Waals surface area contributed by atoms with Crippen LogP contribution < -0.4 is 0 Å². The first-order valence-corrected chi connectivity index (χ1v) is 7.32. The summed E-state index contributed by atoms with van der Waals surface area (Å²) < 4.78 is 0. The fourth-order valence-corrected chi connectivity index (χ4v) is 2.80. The number of aryl methyl sites for hydroxylation is 3. The fraction of sp³-hybridized carbons (Fsp3) is 0.647. The molecule has 0 fully saturated rings. The first kappa shape index (κ1) is 15.2. The van der Waals surface area contributed by atoms with E-state index in [4.69, 9.17) is 0 Å². The van der Waals surface area contributed by atoms with Crippen LogP contribution in [-0.2, 0) is 0 Å². The van der Waals surface area contributed by atoms with E-state index in [9.17, 15) is 5.11 Å². The van der Waals surface area contributed by atoms with Crippen molar-refractivity contribution in [3.8, 4) is 0 Å². The van der Waals surface area contributed by atoms with E-state index < -0.39 is 0 Å². The minimum Gasteiger partial charge on any atom is -0.388 e. The van der Waals surface area contributed by atoms with E-state index in [1.54, 1.807) is 0 Å². The summed E-state index contributed by atoms with van der Waals surface area (Å²) in [5, 5.41) is 10.3. The second-order valence-corrected chi connectivity index (χ2v) is 5.53. The smallest absolute Gasteiger partial charge is 0.0795 e. The van der Waals surface area contributed by atoms with Crippen LogP contribution in [0.4, 0.5) is 0 Å². The van der Waals surface area contributed by atoms with Crippen LogP contribution in [0.5, 0.6) is 0 Å². The van der Waals surface area contributed by atoms with Crippen LogP contribution in [0.25, 0.3) is 0 Å². The predicted molar refractivity (Wildman–Crippen MR) is 79.0 cm³/mol. The molecular weight excluding hydrogens is 220 g/mol. The molecule has 0 saturated heterocycles. The molecule has 0 aliphatic carbocycles. The van der Waals surface area contributed by atoms with Gasteiger partial charge in [0.25, 0.3) is 0 Å². The average molecular weight is 248 g/mol. The summed E-state index contributed by atoms with van der Waals surface area (Å²) in [6.07, 6.45) is 6.89. The van der Waals surface area contributed by atoms with Gasteiger partial charge < -0.3 is 5.11 Å². The van der Waals surface area contributed by atoms with E-state index in [-0.39, 0.29) is 6.10 Å². The van der Waals surface area contributed by atoms with Crippen molar-refractivity contribution in [2.75, 3.05) is 0 Å². The van der Waals surface area contributed by atoms with Gasteiger partial charge in [0.2, 0.25) is 0 Å². The maximum atomic E-state index is 10.3. The molecule has 1 aromatic rings. The lowest BCUT2D eigenvalue weighted by Crippen LogP contribution is -2.03. The Morgan fingerprint density at radius 3 is 2.06 bits per heavy atom. The number of hydrogen-bond donors (Lipinski definition) is 1. The lowest BCUT2D eigenvalue weighted by Gasteiger charge is -2.17. The molecule has 0 aromatic heterocycles. The highest BCUT2D eigenvalue weighted by atomic mass is 16.3. The van der Waals surface area contributed by atoms with E-state index in [0.29, 0.717) is 0 Å². The average Bonchev–Trinajstić information content (AvgIpc) is 2.27. The minimum absolute atomic E-state index is 0.285. The number of hydrogen-bond acceptors (Lipinski definition) is 1. The molecule has 0 aliphatic rings. The number of aliphatic hydroxyl groups excluding tert-OH is 1. The zero-order valence-electron chi connectivity index (χ0n) is 12.4. The monoisotopic (exact) mass is 248 g/mol. The van der Waals surface area contributed by atoms with E-state index in [0.717, 1.165) is 18.4 Å². The van der Waals surface area contributed by atoms with Crippen LogP contribution in [0.1, 0.15) is 73.8 Å². The Labute approximate surface area is 112 Å². The zero-order chi connectivity index (χ0) is 13.5. The molecule has 1 nitrogen and oxygen atoms in total. The first-order valence-electron chi connectivity index (χ1n) is 7.32. The first-order chi connectivity index (χ1) is 8.56. The SMILES string of the molecule is CCCCCCCC(O)c1c(C)cc(C)cc1C. The van der Waals surface area contributed by atoms with E-state index in [1.807, 2.05) is 0 Å². The summed E-state index contributed by atoms with van der Waals surface area (Å²) in [7, 11) is 0. The quantitative estimate of drug-likeness (QED) is 0.673. The molecule has 0 saturated carbocycles. The molecule has 1 aromatic carbocycles. The Morgan fingerprint density at radius 1 is 0.944 bits per heavy atom. The van der Waals surface area contributed by atoms with Crippen molar-refractivity contribution >= 4 is 0 Å². The van der Waals surface area contributed by atoms with Crippen LogP contribution in [0.15, 0.2) is 12.1 Å². The van der Waals surface area contributed by atoms with Gasteiger partial charge in [-0.2, -0.15) is 0 Å². The van der Waals surface area contributed by atoms with Crippen LogP contribution >= 0.6 is 0 Å². The Bertz CT molecular complexity index is 345. The van der Waals surface area contributed by atoms with Crippen molar-refractivity contribution in [1.29, 1.82) is 0 Å². The number of benzene rings is 1. The molecule has 0 aliphatic heterocycles. The van der Waals surface area contributed by atoms with Crippen LogP contribution in [0.3, 0.4) is 0 Å². The molecule has 1 N–H and O–H groups in total. The lowest BCUT2D eigenvalue weighted by molar-refractivity contribution is 0.162. The van der Waals surface area contributed by atoms with E-state index >= 15 is 0 Å². The summed E-state index contributed by atoms with van der Waals surface area (Å²) in [4.78, 5) is 0. The van der Waals surface area contributed by atoms with Gasteiger partial charge in [0, 0.05) is 0 Å². The predicted octanol–water partition coefficient (Wildman–Crippen LogP) is 5.01. The summed E-state index contributed by atoms with van der Waals surface area (Å²) in [5.74, 6) is 0. The molecule has 1 atom stereocenters. The van der Waals surface area contributed by atoms with Gasteiger partial charge >= 0.3 is 0 Å². The van der Waals surface area contributed by atoms with Crippen LogP contribution in [0.2, 0.25) is 0 Å². The summed E-state index contributed by atoms with van der Waals surface area (Å²) >= 11 is 0. The van der Waals surface area contributed by atoms with Gasteiger partial charge in [-0.1, -0.05) is 56.7 Å². The molecule has 1 rings (SSSR count). The fourth-order valence-electron chi connectivity index (χ4n) is 2.80. The number of unbranched alkanes of at least 4 members (excludes halogenated alkanes) is 4. The zero-order valence-corrected chi connectivity index (χ0v) is 12.4. The standard InChI is InChI=1S/C17H28O/c1-5-6-7-8-9-10-16(18)17-14(3)11-13(2)12-15(17)4/h11-12,16,18H,5-10H2,1-4H3. The van der Waals surface area contributed by atoms with Crippen LogP contribution in [-0.4, -0.2) is 5.11 Å². The highest BCUT2D eigenvalue weighted by Gasteiger charge is 2.13. The second kappa shape index (κ2) is 7.58. The van der Waals surface area contributed by atoms with Gasteiger partial charge in [0.1, 0.15) is 0 Å². The molecule has 102 valence electrons. The Morgan fingerprint density at radius 2 is 1.50 bits per heavy atom. The summed E-state index contributed by atoms with van der Waals surface area (Å²) in [6, 6.07) is 4.34. The lowest BCUT2D eigenvalue weighted by atomic mass is 9.93. The van der Waals surface area contributed by atoms with Gasteiger partial charge in [-0.25, -0.2) is 0 Å². The van der Waals surface area contributed by atoms with Crippen molar-refractivity contribution in [3.63, 3.8) is 0 Å². The molecule has 18 heavy (non-hydrogen) atoms. The maximum absolute atomic E-state index is 10.3. The molecule has 1 unspecified atom stereocenters. The Balaban J connectivity index is 2.53. The molecule has 1 heteroatoms. The number of rotatable bonds is 7. The van der Waals surface area contributed by atoms with Crippen molar-refractivity contribution in [2.45, 2.75) is 72.3 Å². The van der Waals surface area contributed by atoms with Gasteiger partial charge in [0.05, 0.1) is 6.10 Å². The van der Waals surface area contributed by atoms with E-state index in [2.05, 4.69) is 39.8 Å². The molecular formula is C17H28O. The topological polar surface area (TPSA) is 20.2 Å². The van der Waals surface area contributed by atoms with E-state index in [1.165, 1.54) is 42.4 Å². The van der Waals surface area contributed by atoms with Crippen molar-refractivity contribution in [2.24, 2.45) is 0 Å². The van der Waals surface area contributed by atoms with Crippen molar-refractivity contribution in [1.82, 2.24) is 0 Å². The molecule has 0 heterocycles. The van der Waals surface area contributed by atoms with Crippen molar-refractivity contribution in [3.05, 3.63) is 34.4 Å². The third-order valence-corrected chi connectivity index (χ3v) is 3.65. The molecule has 0 radical (unpaired) electrons. The molecule has 0 amide bonds. The van der Waals surface area contributed by atoms with Gasteiger partial charge in [-0.15, -0.1) is 0 Å². The second-order valence-electron chi connectivity index (χ2n) is 5.53.